The van der Waals surface area contributed by atoms with Gasteiger partial charge in [0.25, 0.3) is 0 Å². The van der Waals surface area contributed by atoms with Gasteiger partial charge in [-0.25, -0.2) is 4.79 Å². The van der Waals surface area contributed by atoms with Crippen LogP contribution >= 0.6 is 0 Å². The summed E-state index contributed by atoms with van der Waals surface area (Å²) in [5, 5.41) is 9.65. The predicted octanol–water partition coefficient (Wildman–Crippen LogP) is 14.7. The molecule has 0 fully saturated rings. The van der Waals surface area contributed by atoms with Crippen LogP contribution in [-0.4, -0.2) is 80.6 Å². The number of hydrogen-bond acceptors (Lipinski definition) is 6. The van der Waals surface area contributed by atoms with Crippen molar-refractivity contribution in [2.45, 2.75) is 219 Å². The number of carboxylic acid groups (broad SMARTS) is 1. The van der Waals surface area contributed by atoms with E-state index in [0.717, 1.165) is 83.5 Å². The second kappa shape index (κ2) is 45.3. The summed E-state index contributed by atoms with van der Waals surface area (Å²) >= 11 is 0. The molecule has 8 nitrogen and oxygen atoms in total. The smallest absolute Gasteiger partial charge is 0.362 e. The summed E-state index contributed by atoms with van der Waals surface area (Å²) in [4.78, 5) is 37.2. The Balaban J connectivity index is 4.29. The highest BCUT2D eigenvalue weighted by Crippen LogP contribution is 2.15. The van der Waals surface area contributed by atoms with Crippen molar-refractivity contribution >= 4 is 17.9 Å². The van der Waals surface area contributed by atoms with Crippen molar-refractivity contribution in [1.82, 2.24) is 0 Å². The molecule has 2 atom stereocenters. The number of rotatable bonds is 45. The molecular formula is C55H96NO7+. The molecule has 0 aliphatic carbocycles. The summed E-state index contributed by atoms with van der Waals surface area (Å²) in [7, 11) is 5.52. The first kappa shape index (κ1) is 59.8. The Bertz CT molecular complexity index is 1260. The SMILES string of the molecule is CC/C=C/C/C=C/C/C=C/CCCCCCCCCCCCCC(=O)OCC(COCCC(C(=O)O)[N+](C)(C)C)OC(=O)CCCCCCC/C=C/C=C/C=C/CCCCCCC. The van der Waals surface area contributed by atoms with Crippen molar-refractivity contribution < 1.29 is 38.2 Å². The van der Waals surface area contributed by atoms with E-state index in [0.29, 0.717) is 19.3 Å². The lowest BCUT2D eigenvalue weighted by Gasteiger charge is -2.31. The maximum Gasteiger partial charge on any atom is 0.362 e. The van der Waals surface area contributed by atoms with E-state index in [1.807, 2.05) is 21.1 Å². The topological polar surface area (TPSA) is 99.1 Å². The highest BCUT2D eigenvalue weighted by molar-refractivity contribution is 5.72. The van der Waals surface area contributed by atoms with Crippen molar-refractivity contribution in [2.75, 3.05) is 41.0 Å². The van der Waals surface area contributed by atoms with Crippen LogP contribution in [0, 0.1) is 0 Å². The quantitative estimate of drug-likeness (QED) is 0.0214. The number of hydrogen-bond donors (Lipinski definition) is 1. The molecule has 0 saturated heterocycles. The minimum absolute atomic E-state index is 0.0494. The average molecular weight is 883 g/mol. The molecule has 0 aliphatic heterocycles. The second-order valence-electron chi connectivity index (χ2n) is 18.1. The van der Waals surface area contributed by atoms with Gasteiger partial charge in [0, 0.05) is 19.3 Å². The average Bonchev–Trinajstić information content (AvgIpc) is 3.24. The Morgan fingerprint density at radius 3 is 1.44 bits per heavy atom. The summed E-state index contributed by atoms with van der Waals surface area (Å²) in [5.41, 5.74) is 0. The van der Waals surface area contributed by atoms with Crippen molar-refractivity contribution in [1.29, 1.82) is 0 Å². The van der Waals surface area contributed by atoms with Crippen LogP contribution in [-0.2, 0) is 28.6 Å². The Hall–Kier alpha value is -3.23. The van der Waals surface area contributed by atoms with E-state index in [9.17, 15) is 19.5 Å². The standard InChI is InChI=1S/C55H95NO7/c1-6-8-10-12-14-16-18-20-22-24-26-27-28-30-31-33-35-37-39-41-43-45-53(57)62-50-51(49-61-48-47-52(55(59)60)56(3,4)5)63-54(58)46-44-42-40-38-36-34-32-29-25-23-21-19-17-15-13-11-9-7-2/h8,10,14,16,19-23,25,29,32,51-52H,6-7,9,11-13,15,17-18,24,26-28,30-31,33-50H2,1-5H3/p+1/b10-8+,16-14+,21-19+,22-20+,25-23+,32-29+. The highest BCUT2D eigenvalue weighted by atomic mass is 16.6. The van der Waals surface area contributed by atoms with Crippen LogP contribution in [0.5, 0.6) is 0 Å². The van der Waals surface area contributed by atoms with Crippen LogP contribution < -0.4 is 0 Å². The van der Waals surface area contributed by atoms with Crippen molar-refractivity contribution in [2.24, 2.45) is 0 Å². The number of carbonyl (C=O) groups is 3. The predicted molar refractivity (Wildman–Crippen MR) is 266 cm³/mol. The third-order valence-corrected chi connectivity index (χ3v) is 11.2. The largest absolute Gasteiger partial charge is 0.477 e. The number of aliphatic carboxylic acids is 1. The fraction of sp³-hybridized carbons (Fsp3) is 0.727. The van der Waals surface area contributed by atoms with Gasteiger partial charge in [-0.05, 0) is 70.6 Å². The van der Waals surface area contributed by atoms with Crippen LogP contribution in [0.4, 0.5) is 0 Å². The van der Waals surface area contributed by atoms with Gasteiger partial charge in [0.05, 0.1) is 34.4 Å². The molecule has 0 amide bonds. The highest BCUT2D eigenvalue weighted by Gasteiger charge is 2.31. The van der Waals surface area contributed by atoms with Crippen LogP contribution in [0.2, 0.25) is 0 Å². The number of likely N-dealkylation sites (N-methyl/N-ethyl adjacent to an activating group) is 1. The summed E-state index contributed by atoms with van der Waals surface area (Å²) in [5.74, 6) is -1.50. The van der Waals surface area contributed by atoms with E-state index in [-0.39, 0.29) is 36.2 Å². The first-order chi connectivity index (χ1) is 30.6. The molecule has 0 bridgehead atoms. The Morgan fingerprint density at radius 1 is 0.508 bits per heavy atom. The van der Waals surface area contributed by atoms with E-state index < -0.39 is 18.1 Å². The second-order valence-corrected chi connectivity index (χ2v) is 18.1. The summed E-state index contributed by atoms with van der Waals surface area (Å²) in [6.07, 6.45) is 58.0. The molecule has 0 aromatic rings. The van der Waals surface area contributed by atoms with Crippen molar-refractivity contribution in [3.8, 4) is 0 Å². The van der Waals surface area contributed by atoms with Crippen LogP contribution in [0.15, 0.2) is 72.9 Å². The molecule has 0 heterocycles. The fourth-order valence-electron chi connectivity index (χ4n) is 7.23. The number of esters is 2. The summed E-state index contributed by atoms with van der Waals surface area (Å²) < 4.78 is 17.3. The molecule has 0 spiro atoms. The molecule has 63 heavy (non-hydrogen) atoms. The van der Waals surface area contributed by atoms with Gasteiger partial charge in [-0.1, -0.05) is 189 Å². The summed E-state index contributed by atoms with van der Waals surface area (Å²) in [6, 6.07) is -0.622. The van der Waals surface area contributed by atoms with Crippen molar-refractivity contribution in [3.63, 3.8) is 0 Å². The van der Waals surface area contributed by atoms with E-state index in [2.05, 4.69) is 86.8 Å². The number of ether oxygens (including phenoxy) is 3. The maximum atomic E-state index is 12.8. The number of carbonyl (C=O) groups excluding carboxylic acids is 2. The van der Waals surface area contributed by atoms with E-state index >= 15 is 0 Å². The van der Waals surface area contributed by atoms with Gasteiger partial charge in [-0.3, -0.25) is 9.59 Å². The van der Waals surface area contributed by atoms with Crippen LogP contribution in [0.1, 0.15) is 206 Å². The molecule has 0 rings (SSSR count). The zero-order chi connectivity index (χ0) is 46.3. The van der Waals surface area contributed by atoms with Gasteiger partial charge < -0.3 is 23.8 Å². The molecule has 1 N–H and O–H groups in total. The summed E-state index contributed by atoms with van der Waals surface area (Å²) in [6.45, 7) is 4.59. The monoisotopic (exact) mass is 883 g/mol. The number of unbranched alkanes of at least 4 members (excludes halogenated alkanes) is 21. The molecular weight excluding hydrogens is 787 g/mol. The molecule has 362 valence electrons. The Morgan fingerprint density at radius 2 is 0.952 bits per heavy atom. The van der Waals surface area contributed by atoms with E-state index in [1.54, 1.807) is 0 Å². The normalized spacial score (nSPS) is 13.5. The minimum atomic E-state index is -0.880. The lowest BCUT2D eigenvalue weighted by atomic mass is 10.0. The molecule has 0 aromatic heterocycles. The zero-order valence-corrected chi connectivity index (χ0v) is 41.3. The third kappa shape index (κ3) is 43.8. The van der Waals surface area contributed by atoms with Crippen molar-refractivity contribution in [3.05, 3.63) is 72.9 Å². The van der Waals surface area contributed by atoms with Gasteiger partial charge in [0.2, 0.25) is 0 Å². The third-order valence-electron chi connectivity index (χ3n) is 11.2. The number of nitrogens with zero attached hydrogens (tertiary/aromatic N) is 1. The Kier molecular flexibility index (Phi) is 43.0. The van der Waals surface area contributed by atoms with Gasteiger partial charge in [-0.15, -0.1) is 0 Å². The number of carboxylic acids is 1. The van der Waals surface area contributed by atoms with Gasteiger partial charge in [-0.2, -0.15) is 0 Å². The van der Waals surface area contributed by atoms with E-state index in [1.165, 1.54) is 89.9 Å². The fourth-order valence-corrected chi connectivity index (χ4v) is 7.23. The number of quaternary nitrogens is 1. The Labute approximate surface area is 387 Å². The lowest BCUT2D eigenvalue weighted by Crippen LogP contribution is -2.50. The van der Waals surface area contributed by atoms with Gasteiger partial charge >= 0.3 is 17.9 Å². The van der Waals surface area contributed by atoms with Gasteiger partial charge in [0.15, 0.2) is 12.1 Å². The molecule has 8 heteroatoms. The minimum Gasteiger partial charge on any atom is -0.477 e. The zero-order valence-electron chi connectivity index (χ0n) is 41.3. The lowest BCUT2D eigenvalue weighted by molar-refractivity contribution is -0.887. The molecule has 0 radical (unpaired) electrons. The molecule has 2 unspecified atom stereocenters. The maximum absolute atomic E-state index is 12.8. The number of allylic oxidation sites excluding steroid dienone is 12. The first-order valence-electron chi connectivity index (χ1n) is 25.5. The molecule has 0 aromatic carbocycles. The first-order valence-corrected chi connectivity index (χ1v) is 25.5. The van der Waals surface area contributed by atoms with Gasteiger partial charge in [0.1, 0.15) is 6.61 Å². The van der Waals surface area contributed by atoms with Crippen LogP contribution in [0.3, 0.4) is 0 Å². The van der Waals surface area contributed by atoms with Crippen LogP contribution in [0.25, 0.3) is 0 Å². The molecule has 0 saturated carbocycles. The van der Waals surface area contributed by atoms with E-state index in [4.69, 9.17) is 14.2 Å². The molecule has 0 aliphatic rings.